The summed E-state index contributed by atoms with van der Waals surface area (Å²) in [7, 11) is 0. The molecule has 0 aromatic heterocycles. The third kappa shape index (κ3) is 2.08. The second kappa shape index (κ2) is 3.67. The molecular weight excluding hydrogens is 238 g/mol. The zero-order valence-electron chi connectivity index (χ0n) is 8.51. The van der Waals surface area contributed by atoms with Gasteiger partial charge in [-0.3, -0.25) is 0 Å². The van der Waals surface area contributed by atoms with Crippen molar-refractivity contribution in [2.75, 3.05) is 0 Å². The molecule has 1 aliphatic carbocycles. The molecule has 90 valence electrons. The molecule has 1 aliphatic rings. The van der Waals surface area contributed by atoms with Crippen LogP contribution in [0.2, 0.25) is 0 Å². The lowest BCUT2D eigenvalue weighted by atomic mass is 10.0. The predicted molar refractivity (Wildman–Crippen MR) is 50.4 cm³/mol. The van der Waals surface area contributed by atoms with E-state index in [0.29, 0.717) is 18.9 Å². The fourth-order valence-corrected chi connectivity index (χ4v) is 1.71. The van der Waals surface area contributed by atoms with Crippen LogP contribution in [0.3, 0.4) is 0 Å². The molecule has 0 unspecified atom stereocenters. The fourth-order valence-electron chi connectivity index (χ4n) is 1.71. The molecular formula is C11H7F4NO. The molecule has 1 aromatic rings. The van der Waals surface area contributed by atoms with Gasteiger partial charge in [0.1, 0.15) is 5.82 Å². The maximum absolute atomic E-state index is 13.3. The van der Waals surface area contributed by atoms with E-state index in [-0.39, 0.29) is 5.56 Å². The summed E-state index contributed by atoms with van der Waals surface area (Å²) in [5.74, 6) is -1.35. The van der Waals surface area contributed by atoms with Crippen LogP contribution in [0.1, 0.15) is 24.0 Å². The largest absolute Gasteiger partial charge is 0.419 e. The molecule has 17 heavy (non-hydrogen) atoms. The topological polar surface area (TPSA) is 29.4 Å². The van der Waals surface area contributed by atoms with E-state index in [2.05, 4.69) is 4.99 Å². The number of hydrogen-bond donors (Lipinski definition) is 0. The summed E-state index contributed by atoms with van der Waals surface area (Å²) in [5.41, 5.74) is -1.88. The van der Waals surface area contributed by atoms with Crippen LogP contribution in [-0.4, -0.2) is 6.08 Å². The quantitative estimate of drug-likeness (QED) is 0.447. The van der Waals surface area contributed by atoms with E-state index in [1.54, 1.807) is 0 Å². The molecule has 2 rings (SSSR count). The molecule has 0 heterocycles. The number of aliphatic imine (C=N–C) groups is 1. The summed E-state index contributed by atoms with van der Waals surface area (Å²) in [6, 6.07) is 2.61. The van der Waals surface area contributed by atoms with Gasteiger partial charge < -0.3 is 0 Å². The molecule has 0 amide bonds. The van der Waals surface area contributed by atoms with Crippen LogP contribution in [-0.2, 0) is 16.5 Å². The second-order valence-corrected chi connectivity index (χ2v) is 3.93. The minimum atomic E-state index is -4.72. The normalized spacial score (nSPS) is 17.4. The highest BCUT2D eigenvalue weighted by Crippen LogP contribution is 2.49. The van der Waals surface area contributed by atoms with Crippen LogP contribution >= 0.6 is 0 Å². The Kier molecular flexibility index (Phi) is 2.54. The second-order valence-electron chi connectivity index (χ2n) is 3.93. The van der Waals surface area contributed by atoms with Crippen molar-refractivity contribution in [1.82, 2.24) is 0 Å². The summed E-state index contributed by atoms with van der Waals surface area (Å²) in [6.45, 7) is 0. The number of halogens is 4. The first-order valence-corrected chi connectivity index (χ1v) is 4.85. The standard InChI is InChI=1S/C11H7F4NO/c12-9-5-7(10(3-4-10)16-6-17)1-2-8(9)11(13,14)15/h1-2,5H,3-4H2. The summed E-state index contributed by atoms with van der Waals surface area (Å²) >= 11 is 0. The highest BCUT2D eigenvalue weighted by atomic mass is 19.4. The van der Waals surface area contributed by atoms with Gasteiger partial charge in [0.15, 0.2) is 0 Å². The van der Waals surface area contributed by atoms with Gasteiger partial charge in [-0.1, -0.05) is 6.07 Å². The number of alkyl halides is 3. The Bertz CT molecular complexity index is 499. The molecule has 0 radical (unpaired) electrons. The lowest BCUT2D eigenvalue weighted by Gasteiger charge is -2.12. The van der Waals surface area contributed by atoms with Gasteiger partial charge in [-0.25, -0.2) is 9.18 Å². The van der Waals surface area contributed by atoms with Gasteiger partial charge >= 0.3 is 6.18 Å². The molecule has 0 bridgehead atoms. The Morgan fingerprint density at radius 1 is 1.29 bits per heavy atom. The van der Waals surface area contributed by atoms with Gasteiger partial charge in [0.2, 0.25) is 6.08 Å². The van der Waals surface area contributed by atoms with Crippen molar-refractivity contribution >= 4 is 6.08 Å². The summed E-state index contributed by atoms with van der Waals surface area (Å²) in [4.78, 5) is 13.7. The van der Waals surface area contributed by atoms with E-state index in [1.165, 1.54) is 6.08 Å². The minimum Gasteiger partial charge on any atom is -0.211 e. The van der Waals surface area contributed by atoms with Gasteiger partial charge in [-0.15, -0.1) is 0 Å². The van der Waals surface area contributed by atoms with Gasteiger partial charge in [0, 0.05) is 0 Å². The molecule has 0 spiro atoms. The number of nitrogens with zero attached hydrogens (tertiary/aromatic N) is 1. The Morgan fingerprint density at radius 2 is 1.94 bits per heavy atom. The SMILES string of the molecule is O=C=NC1(c2ccc(C(F)(F)F)c(F)c2)CC1. The lowest BCUT2D eigenvalue weighted by molar-refractivity contribution is -0.140. The molecule has 0 aliphatic heterocycles. The Hall–Kier alpha value is -1.68. The molecule has 1 aromatic carbocycles. The Balaban J connectivity index is 2.42. The van der Waals surface area contributed by atoms with E-state index in [4.69, 9.17) is 0 Å². The molecule has 1 saturated carbocycles. The van der Waals surface area contributed by atoms with Gasteiger partial charge in [-0.05, 0) is 30.5 Å². The number of carbonyl (C=O) groups excluding carboxylic acids is 1. The zero-order valence-corrected chi connectivity index (χ0v) is 8.51. The smallest absolute Gasteiger partial charge is 0.211 e. The van der Waals surface area contributed by atoms with Crippen molar-refractivity contribution in [2.45, 2.75) is 24.6 Å². The molecule has 6 heteroatoms. The Labute approximate surface area is 94.0 Å². The third-order valence-electron chi connectivity index (χ3n) is 2.80. The van der Waals surface area contributed by atoms with Crippen molar-refractivity contribution < 1.29 is 22.4 Å². The van der Waals surface area contributed by atoms with E-state index in [9.17, 15) is 22.4 Å². The highest BCUT2D eigenvalue weighted by molar-refractivity contribution is 5.42. The summed E-state index contributed by atoms with van der Waals surface area (Å²) in [5, 5.41) is 0. The van der Waals surface area contributed by atoms with Crippen LogP contribution in [0.25, 0.3) is 0 Å². The van der Waals surface area contributed by atoms with Crippen molar-refractivity contribution in [3.63, 3.8) is 0 Å². The monoisotopic (exact) mass is 245 g/mol. The van der Waals surface area contributed by atoms with Crippen molar-refractivity contribution in [3.8, 4) is 0 Å². The molecule has 0 N–H and O–H groups in total. The lowest BCUT2D eigenvalue weighted by Crippen LogP contribution is -2.10. The Morgan fingerprint density at radius 3 is 2.35 bits per heavy atom. The van der Waals surface area contributed by atoms with Crippen LogP contribution < -0.4 is 0 Å². The third-order valence-corrected chi connectivity index (χ3v) is 2.80. The fraction of sp³-hybridized carbons (Fsp3) is 0.364. The molecule has 0 atom stereocenters. The molecule has 1 fully saturated rings. The maximum atomic E-state index is 13.3. The number of benzene rings is 1. The van der Waals surface area contributed by atoms with Crippen LogP contribution in [0.5, 0.6) is 0 Å². The molecule has 2 nitrogen and oxygen atoms in total. The maximum Gasteiger partial charge on any atom is 0.419 e. The van der Waals surface area contributed by atoms with Crippen LogP contribution in [0.4, 0.5) is 17.6 Å². The summed E-state index contributed by atoms with van der Waals surface area (Å²) in [6.07, 6.45) is -2.31. The van der Waals surface area contributed by atoms with E-state index in [1.807, 2.05) is 0 Å². The average molecular weight is 245 g/mol. The number of hydrogen-bond acceptors (Lipinski definition) is 2. The average Bonchev–Trinajstić information content (AvgIpc) is 2.97. The number of isocyanates is 1. The first-order valence-electron chi connectivity index (χ1n) is 4.85. The first-order chi connectivity index (χ1) is 7.89. The zero-order chi connectivity index (χ0) is 12.7. The van der Waals surface area contributed by atoms with Gasteiger partial charge in [0.25, 0.3) is 0 Å². The minimum absolute atomic E-state index is 0.284. The highest BCUT2D eigenvalue weighted by Gasteiger charge is 2.46. The number of rotatable bonds is 2. The van der Waals surface area contributed by atoms with Crippen molar-refractivity contribution in [3.05, 3.63) is 35.1 Å². The van der Waals surface area contributed by atoms with Gasteiger partial charge in [0.05, 0.1) is 11.1 Å². The van der Waals surface area contributed by atoms with E-state index in [0.717, 1.165) is 12.1 Å². The predicted octanol–water partition coefficient (Wildman–Crippen LogP) is 3.17. The van der Waals surface area contributed by atoms with Crippen LogP contribution in [0.15, 0.2) is 23.2 Å². The van der Waals surface area contributed by atoms with Crippen molar-refractivity contribution in [2.24, 2.45) is 4.99 Å². The van der Waals surface area contributed by atoms with Gasteiger partial charge in [-0.2, -0.15) is 18.2 Å². The molecule has 0 saturated heterocycles. The van der Waals surface area contributed by atoms with Crippen molar-refractivity contribution in [1.29, 1.82) is 0 Å². The van der Waals surface area contributed by atoms with Crippen LogP contribution in [0, 0.1) is 5.82 Å². The summed E-state index contributed by atoms with van der Waals surface area (Å²) < 4.78 is 50.2. The van der Waals surface area contributed by atoms with E-state index >= 15 is 0 Å². The first kappa shape index (κ1) is 11.8. The van der Waals surface area contributed by atoms with E-state index < -0.39 is 23.1 Å².